The van der Waals surface area contributed by atoms with Crippen LogP contribution in [0.2, 0.25) is 5.02 Å². The lowest BCUT2D eigenvalue weighted by molar-refractivity contribution is 0.305. The van der Waals surface area contributed by atoms with Gasteiger partial charge in [-0.1, -0.05) is 18.0 Å². The highest BCUT2D eigenvalue weighted by Crippen LogP contribution is 2.16. The molecular weight excluding hydrogens is 378 g/mol. The van der Waals surface area contributed by atoms with Crippen LogP contribution in [0.25, 0.3) is 0 Å². The van der Waals surface area contributed by atoms with Crippen LogP contribution in [0.1, 0.15) is 25.7 Å². The molecule has 28 heavy (non-hydrogen) atoms. The first-order chi connectivity index (χ1) is 13.6. The fourth-order valence-corrected chi connectivity index (χ4v) is 2.55. The van der Waals surface area contributed by atoms with Crippen LogP contribution in [0.15, 0.2) is 47.6 Å². The van der Waals surface area contributed by atoms with Crippen molar-refractivity contribution in [1.29, 1.82) is 5.26 Å². The van der Waals surface area contributed by atoms with Gasteiger partial charge >= 0.3 is 0 Å². The Hall–Kier alpha value is -2.98. The minimum atomic E-state index is 0.153. The number of guanidine groups is 1. The molecule has 2 aromatic rings. The van der Waals surface area contributed by atoms with Crippen molar-refractivity contribution in [1.82, 2.24) is 4.98 Å². The molecule has 1 heterocycles. The van der Waals surface area contributed by atoms with Crippen molar-refractivity contribution in [3.05, 3.63) is 47.6 Å². The van der Waals surface area contributed by atoms with Gasteiger partial charge < -0.3 is 15.2 Å². The predicted octanol–water partition coefficient (Wildman–Crippen LogP) is 3.99. The maximum absolute atomic E-state index is 9.32. The van der Waals surface area contributed by atoms with E-state index in [0.717, 1.165) is 31.4 Å². The number of anilines is 1. The smallest absolute Gasteiger partial charge is 0.213 e. The van der Waals surface area contributed by atoms with Crippen LogP contribution < -0.4 is 20.1 Å². The van der Waals surface area contributed by atoms with Gasteiger partial charge in [0.05, 0.1) is 25.6 Å². The van der Waals surface area contributed by atoms with Crippen LogP contribution in [-0.4, -0.2) is 31.2 Å². The quantitative estimate of drug-likeness (QED) is 0.212. The van der Waals surface area contributed by atoms with Crippen LogP contribution in [0.5, 0.6) is 11.6 Å². The van der Waals surface area contributed by atoms with E-state index in [9.17, 15) is 5.26 Å². The monoisotopic (exact) mass is 401 g/mol. The Kier molecular flexibility index (Phi) is 8.89. The second-order valence-corrected chi connectivity index (χ2v) is 6.39. The molecule has 0 bridgehead atoms. The number of unbranched alkanes of at least 4 members (excludes halogenated alkanes) is 3. The van der Waals surface area contributed by atoms with Crippen LogP contribution in [-0.2, 0) is 0 Å². The molecular formula is C20H24ClN5O2. The molecule has 0 aliphatic rings. The summed E-state index contributed by atoms with van der Waals surface area (Å²) in [5, 5.41) is 10.0. The summed E-state index contributed by atoms with van der Waals surface area (Å²) >= 11 is 5.84. The van der Waals surface area contributed by atoms with Crippen molar-refractivity contribution < 1.29 is 9.47 Å². The molecule has 2 N–H and O–H groups in total. The first kappa shape index (κ1) is 21.3. The second kappa shape index (κ2) is 11.7. The van der Waals surface area contributed by atoms with E-state index in [-0.39, 0.29) is 5.96 Å². The predicted molar refractivity (Wildman–Crippen MR) is 111 cm³/mol. The van der Waals surface area contributed by atoms with Crippen LogP contribution in [0.4, 0.5) is 5.69 Å². The number of nitrogens with two attached hydrogens (primary N) is 1. The van der Waals surface area contributed by atoms with E-state index in [1.165, 1.54) is 18.2 Å². The highest BCUT2D eigenvalue weighted by molar-refractivity contribution is 6.30. The molecule has 0 aliphatic carbocycles. The van der Waals surface area contributed by atoms with Crippen LogP contribution >= 0.6 is 11.6 Å². The number of rotatable bonds is 10. The van der Waals surface area contributed by atoms with E-state index in [4.69, 9.17) is 26.8 Å². The highest BCUT2D eigenvalue weighted by Gasteiger charge is 2.10. The third-order valence-electron chi connectivity index (χ3n) is 3.93. The molecule has 8 heteroatoms. The molecule has 0 saturated heterocycles. The number of aromatic nitrogens is 1. The lowest BCUT2D eigenvalue weighted by Gasteiger charge is -2.14. The summed E-state index contributed by atoms with van der Waals surface area (Å²) in [6.07, 6.45) is 7.43. The Morgan fingerprint density at radius 1 is 1.18 bits per heavy atom. The van der Waals surface area contributed by atoms with Gasteiger partial charge in [0.2, 0.25) is 11.8 Å². The largest absolute Gasteiger partial charge is 0.494 e. The van der Waals surface area contributed by atoms with Crippen molar-refractivity contribution in [2.24, 2.45) is 10.7 Å². The zero-order valence-corrected chi connectivity index (χ0v) is 16.6. The van der Waals surface area contributed by atoms with E-state index >= 15 is 0 Å². The molecule has 0 fully saturated rings. The first-order valence-electron chi connectivity index (χ1n) is 9.02. The van der Waals surface area contributed by atoms with Gasteiger partial charge in [0.25, 0.3) is 0 Å². The van der Waals surface area contributed by atoms with Gasteiger partial charge in [0.15, 0.2) is 6.19 Å². The number of benzene rings is 1. The Labute approximate surface area is 170 Å². The molecule has 7 nitrogen and oxygen atoms in total. The third-order valence-corrected chi connectivity index (χ3v) is 4.18. The molecule has 1 aromatic carbocycles. The fourth-order valence-electron chi connectivity index (χ4n) is 2.42. The number of hydrogen-bond acceptors (Lipinski definition) is 5. The summed E-state index contributed by atoms with van der Waals surface area (Å²) in [6, 6.07) is 10.7. The molecule has 1 aromatic heterocycles. The van der Waals surface area contributed by atoms with Gasteiger partial charge in [-0.15, -0.1) is 0 Å². The lowest BCUT2D eigenvalue weighted by Crippen LogP contribution is -2.33. The zero-order valence-electron chi connectivity index (χ0n) is 15.8. The second-order valence-electron chi connectivity index (χ2n) is 5.95. The maximum atomic E-state index is 9.32. The average Bonchev–Trinajstić information content (AvgIpc) is 2.72. The van der Waals surface area contributed by atoms with E-state index < -0.39 is 0 Å². The number of nitriles is 1. The Balaban J connectivity index is 1.65. The normalized spacial score (nSPS) is 11.0. The third kappa shape index (κ3) is 6.97. The van der Waals surface area contributed by atoms with E-state index in [1.807, 2.05) is 30.5 Å². The molecule has 0 aliphatic heterocycles. The van der Waals surface area contributed by atoms with E-state index in [0.29, 0.717) is 29.7 Å². The van der Waals surface area contributed by atoms with Crippen LogP contribution in [0.3, 0.4) is 0 Å². The zero-order chi connectivity index (χ0) is 20.2. The fraction of sp³-hybridized carbons (Fsp3) is 0.350. The van der Waals surface area contributed by atoms with Gasteiger partial charge in [-0.3, -0.25) is 4.99 Å². The highest BCUT2D eigenvalue weighted by atomic mass is 35.5. The summed E-state index contributed by atoms with van der Waals surface area (Å²) in [5.74, 6) is 1.45. The summed E-state index contributed by atoms with van der Waals surface area (Å²) in [5.41, 5.74) is 6.48. The average molecular weight is 402 g/mol. The standard InChI is InChI=1S/C20H24ClN5O2/c1-27-19-11-8-17(14-25-19)26(15-22)20(23)24-12-4-2-3-5-13-28-18-9-6-16(21)7-10-18/h6-11,14H,2-5,12-13H2,1H3,(H2,23,24). The molecule has 2 rings (SSSR count). The Morgan fingerprint density at radius 2 is 1.93 bits per heavy atom. The van der Waals surface area contributed by atoms with Crippen LogP contribution in [0, 0.1) is 11.5 Å². The maximum Gasteiger partial charge on any atom is 0.213 e. The van der Waals surface area contributed by atoms with E-state index in [2.05, 4.69) is 9.98 Å². The number of ether oxygens (including phenoxy) is 2. The van der Waals surface area contributed by atoms with Crippen molar-refractivity contribution in [2.75, 3.05) is 25.2 Å². The summed E-state index contributed by atoms with van der Waals surface area (Å²) in [4.78, 5) is 9.59. The SMILES string of the molecule is COc1ccc(N(C#N)C(N)=NCCCCCCOc2ccc(Cl)cc2)cn1. The molecule has 0 radical (unpaired) electrons. The molecule has 0 atom stereocenters. The number of nitrogens with zero attached hydrogens (tertiary/aromatic N) is 4. The summed E-state index contributed by atoms with van der Waals surface area (Å²) in [7, 11) is 1.53. The number of methoxy groups -OCH3 is 1. The number of hydrogen-bond donors (Lipinski definition) is 1. The Bertz CT molecular complexity index is 788. The molecule has 0 saturated carbocycles. The molecule has 148 valence electrons. The molecule has 0 unspecified atom stereocenters. The van der Waals surface area contributed by atoms with Crippen molar-refractivity contribution in [3.63, 3.8) is 0 Å². The van der Waals surface area contributed by atoms with Crippen molar-refractivity contribution in [2.45, 2.75) is 25.7 Å². The number of aliphatic imine (C=N–C) groups is 1. The summed E-state index contributed by atoms with van der Waals surface area (Å²) in [6.45, 7) is 1.23. The van der Waals surface area contributed by atoms with Crippen molar-refractivity contribution >= 4 is 23.2 Å². The minimum Gasteiger partial charge on any atom is -0.494 e. The minimum absolute atomic E-state index is 0.153. The van der Waals surface area contributed by atoms with Gasteiger partial charge in [-0.25, -0.2) is 9.88 Å². The lowest BCUT2D eigenvalue weighted by atomic mass is 10.2. The van der Waals surface area contributed by atoms with Gasteiger partial charge in [-0.2, -0.15) is 5.26 Å². The van der Waals surface area contributed by atoms with Gasteiger partial charge in [0, 0.05) is 17.6 Å². The molecule has 0 spiro atoms. The molecule has 0 amide bonds. The van der Waals surface area contributed by atoms with Crippen molar-refractivity contribution in [3.8, 4) is 17.8 Å². The number of pyridine rings is 1. The van der Waals surface area contributed by atoms with Gasteiger partial charge in [0.1, 0.15) is 5.75 Å². The Morgan fingerprint density at radius 3 is 2.57 bits per heavy atom. The first-order valence-corrected chi connectivity index (χ1v) is 9.40. The van der Waals surface area contributed by atoms with E-state index in [1.54, 1.807) is 12.1 Å². The summed E-state index contributed by atoms with van der Waals surface area (Å²) < 4.78 is 10.7. The topological polar surface area (TPSA) is 96.8 Å². The van der Waals surface area contributed by atoms with Gasteiger partial charge in [-0.05, 0) is 49.6 Å². The number of halogens is 1.